The van der Waals surface area contributed by atoms with Crippen molar-refractivity contribution in [2.75, 3.05) is 34.1 Å². The number of methoxy groups -OCH3 is 1. The first-order chi connectivity index (χ1) is 30.1. The molecule has 320 valence electrons. The fourth-order valence-electron chi connectivity index (χ4n) is 6.24. The molecular weight excluding hydrogens is 765 g/mol. The molecule has 10 heteroatoms. The van der Waals surface area contributed by atoms with Gasteiger partial charge < -0.3 is 28.8 Å². The van der Waals surface area contributed by atoms with E-state index in [9.17, 15) is 5.11 Å². The third-order valence-corrected chi connectivity index (χ3v) is 9.73. The van der Waals surface area contributed by atoms with Crippen LogP contribution in [-0.4, -0.2) is 39.2 Å². The molecule has 0 unspecified atom stereocenters. The fourth-order valence-corrected chi connectivity index (χ4v) is 6.24. The summed E-state index contributed by atoms with van der Waals surface area (Å²) in [6.45, 7) is 5.10. The number of aryl methyl sites for hydroxylation is 1. The largest absolute Gasteiger partial charge is 0.494 e. The van der Waals surface area contributed by atoms with Gasteiger partial charge in [-0.1, -0.05) is 113 Å². The maximum atomic E-state index is 10.4. The predicted molar refractivity (Wildman–Crippen MR) is 246 cm³/mol. The summed E-state index contributed by atoms with van der Waals surface area (Å²) in [5.74, 6) is 1.42. The van der Waals surface area contributed by atoms with Gasteiger partial charge in [0.25, 0.3) is 0 Å². The van der Waals surface area contributed by atoms with Crippen LogP contribution in [0.4, 0.5) is 22.7 Å². The first-order valence-corrected chi connectivity index (χ1v) is 21.3. The molecule has 0 aromatic heterocycles. The van der Waals surface area contributed by atoms with Crippen LogP contribution in [0.3, 0.4) is 0 Å². The molecule has 0 saturated carbocycles. The topological polar surface area (TPSA) is 116 Å². The van der Waals surface area contributed by atoms with Crippen LogP contribution in [0.1, 0.15) is 98.6 Å². The highest BCUT2D eigenvalue weighted by Crippen LogP contribution is 2.29. The van der Waals surface area contributed by atoms with Crippen molar-refractivity contribution in [2.24, 2.45) is 20.5 Å². The van der Waals surface area contributed by atoms with Crippen LogP contribution in [0.5, 0.6) is 11.5 Å². The van der Waals surface area contributed by atoms with Crippen LogP contribution in [0.2, 0.25) is 0 Å². The molecule has 5 aromatic carbocycles. The molecule has 0 atom stereocenters. The molecule has 0 aliphatic carbocycles. The fraction of sp³-hybridized carbons (Fsp3) is 0.333. The van der Waals surface area contributed by atoms with Gasteiger partial charge in [-0.25, -0.2) is 0 Å². The highest BCUT2D eigenvalue weighted by atomic mass is 16.8. The summed E-state index contributed by atoms with van der Waals surface area (Å²) in [6, 6.07) is 35.4. The Morgan fingerprint density at radius 3 is 1.59 bits per heavy atom. The molecule has 5 aromatic rings. The van der Waals surface area contributed by atoms with Crippen molar-refractivity contribution in [3.63, 3.8) is 0 Å². The molecule has 1 N–H and O–H groups in total. The van der Waals surface area contributed by atoms with E-state index < -0.39 is 0 Å². The lowest BCUT2D eigenvalue weighted by molar-refractivity contribution is -0.145. The number of hydrogen-bond donors (Lipinski definition) is 1. The van der Waals surface area contributed by atoms with Crippen LogP contribution in [0, 0.1) is 0 Å². The van der Waals surface area contributed by atoms with Gasteiger partial charge in [-0.05, 0) is 120 Å². The second-order valence-electron chi connectivity index (χ2n) is 14.6. The van der Waals surface area contributed by atoms with Crippen molar-refractivity contribution < 1.29 is 28.8 Å². The van der Waals surface area contributed by atoms with Crippen LogP contribution >= 0.6 is 0 Å². The van der Waals surface area contributed by atoms with Gasteiger partial charge in [0.2, 0.25) is 0 Å². The first-order valence-electron chi connectivity index (χ1n) is 21.3. The smallest absolute Gasteiger partial charge is 0.191 e. The molecule has 0 heterocycles. The van der Waals surface area contributed by atoms with E-state index in [1.165, 1.54) is 50.5 Å². The van der Waals surface area contributed by atoms with E-state index in [2.05, 4.69) is 46.4 Å². The Morgan fingerprint density at radius 2 is 1.03 bits per heavy atom. The van der Waals surface area contributed by atoms with Gasteiger partial charge in [-0.3, -0.25) is 0 Å². The monoisotopic (exact) mass is 824 g/mol. The zero-order valence-electron chi connectivity index (χ0n) is 35.9. The van der Waals surface area contributed by atoms with Gasteiger partial charge >= 0.3 is 0 Å². The summed E-state index contributed by atoms with van der Waals surface area (Å²) in [5, 5.41) is 28.1. The van der Waals surface area contributed by atoms with E-state index in [0.29, 0.717) is 5.75 Å². The number of rotatable bonds is 27. The van der Waals surface area contributed by atoms with Crippen molar-refractivity contribution in [1.29, 1.82) is 0 Å². The second kappa shape index (κ2) is 27.1. The second-order valence-corrected chi connectivity index (χ2v) is 14.6. The summed E-state index contributed by atoms with van der Waals surface area (Å²) < 4.78 is 27.6. The van der Waals surface area contributed by atoms with E-state index >= 15 is 0 Å². The molecule has 0 amide bonds. The Morgan fingerprint density at radius 1 is 0.508 bits per heavy atom. The third kappa shape index (κ3) is 17.0. The standard InChI is InChI=1S/C51H60N4O6/c1-4-6-8-10-12-40-15-23-46(24-16-40)52-53-47-25-17-41(18-26-47)13-21-43-35-51(61-39-59-38-58-37-57-3)44(34-45(43)36-56)22-14-42-19-27-48(28-20-42)54-55-49-29-31-50(32-30-49)60-33-11-9-7-5-2/h13-32,34-35,56H,4-12,33,36-39H2,1-3H3/b21-13+,22-14+,53-52?,55-54?. The molecule has 0 fully saturated rings. The van der Waals surface area contributed by atoms with E-state index in [4.69, 9.17) is 23.7 Å². The molecule has 0 saturated heterocycles. The molecule has 0 aliphatic rings. The van der Waals surface area contributed by atoms with Crippen molar-refractivity contribution >= 4 is 47.1 Å². The number of aliphatic hydroxyl groups is 1. The number of nitrogens with zero attached hydrogens (tertiary/aromatic N) is 4. The molecule has 61 heavy (non-hydrogen) atoms. The van der Waals surface area contributed by atoms with E-state index in [1.807, 2.05) is 121 Å². The minimum Gasteiger partial charge on any atom is -0.494 e. The van der Waals surface area contributed by atoms with Crippen molar-refractivity contribution in [3.05, 3.63) is 143 Å². The molecule has 0 bridgehead atoms. The number of aliphatic hydroxyl groups excluding tert-OH is 1. The minimum absolute atomic E-state index is 0.0180. The van der Waals surface area contributed by atoms with Gasteiger partial charge in [0.05, 0.1) is 36.0 Å². The maximum absolute atomic E-state index is 10.4. The Hall–Kier alpha value is -5.78. The highest BCUT2D eigenvalue weighted by molar-refractivity contribution is 5.78. The number of unbranched alkanes of at least 4 members (excludes halogenated alkanes) is 6. The summed E-state index contributed by atoms with van der Waals surface area (Å²) in [5.41, 5.74) is 8.66. The molecule has 0 aliphatic heterocycles. The lowest BCUT2D eigenvalue weighted by atomic mass is 10.0. The zero-order chi connectivity index (χ0) is 42.7. The molecule has 0 radical (unpaired) electrons. The third-order valence-electron chi connectivity index (χ3n) is 9.73. The van der Waals surface area contributed by atoms with Crippen LogP contribution in [0.15, 0.2) is 130 Å². The Kier molecular flexibility index (Phi) is 20.6. The number of benzene rings is 5. The average molecular weight is 825 g/mol. The van der Waals surface area contributed by atoms with Crippen molar-refractivity contribution in [3.8, 4) is 11.5 Å². The van der Waals surface area contributed by atoms with Crippen LogP contribution in [0.25, 0.3) is 24.3 Å². The minimum atomic E-state index is -0.157. The summed E-state index contributed by atoms with van der Waals surface area (Å²) in [7, 11) is 1.55. The Bertz CT molecular complexity index is 2110. The highest BCUT2D eigenvalue weighted by Gasteiger charge is 2.09. The van der Waals surface area contributed by atoms with Crippen LogP contribution < -0.4 is 9.47 Å². The van der Waals surface area contributed by atoms with Crippen LogP contribution in [-0.2, 0) is 27.2 Å². The number of hydrogen-bond acceptors (Lipinski definition) is 10. The summed E-state index contributed by atoms with van der Waals surface area (Å²) in [4.78, 5) is 0. The number of azo groups is 2. The van der Waals surface area contributed by atoms with Gasteiger partial charge in [0.15, 0.2) is 13.6 Å². The van der Waals surface area contributed by atoms with E-state index in [-0.39, 0.29) is 27.0 Å². The first kappa shape index (κ1) is 46.3. The quantitative estimate of drug-likeness (QED) is 0.0244. The van der Waals surface area contributed by atoms with Gasteiger partial charge in [0.1, 0.15) is 18.3 Å². The number of ether oxygens (including phenoxy) is 5. The summed E-state index contributed by atoms with van der Waals surface area (Å²) >= 11 is 0. The van der Waals surface area contributed by atoms with Gasteiger partial charge in [-0.2, -0.15) is 20.5 Å². The van der Waals surface area contributed by atoms with Gasteiger partial charge in [-0.15, -0.1) is 0 Å². The van der Waals surface area contributed by atoms with Gasteiger partial charge in [0, 0.05) is 12.7 Å². The maximum Gasteiger partial charge on any atom is 0.191 e. The summed E-state index contributed by atoms with van der Waals surface area (Å²) in [6.07, 6.45) is 18.7. The van der Waals surface area contributed by atoms with Crippen molar-refractivity contribution in [1.82, 2.24) is 0 Å². The molecule has 10 nitrogen and oxygen atoms in total. The molecule has 5 rings (SSSR count). The average Bonchev–Trinajstić information content (AvgIpc) is 3.30. The van der Waals surface area contributed by atoms with E-state index in [0.717, 1.165) is 75.8 Å². The normalized spacial score (nSPS) is 11.8. The zero-order valence-corrected chi connectivity index (χ0v) is 35.9. The molecular formula is C51H60N4O6. The van der Waals surface area contributed by atoms with Crippen molar-refractivity contribution in [2.45, 2.75) is 78.2 Å². The van der Waals surface area contributed by atoms with E-state index in [1.54, 1.807) is 7.11 Å². The Balaban J connectivity index is 1.22. The predicted octanol–water partition coefficient (Wildman–Crippen LogP) is 14.4. The lowest BCUT2D eigenvalue weighted by Crippen LogP contribution is -2.09. The SMILES string of the molecule is CCCCCCOc1ccc(N=Nc2ccc(/C=C/c3cc(CO)c(/C=C/c4ccc(N=Nc5ccc(CCCCCC)cc5)cc4)cc3OCOCOCOC)cc2)cc1. The lowest BCUT2D eigenvalue weighted by Gasteiger charge is -2.14. The Labute approximate surface area is 361 Å². The molecule has 0 spiro atoms.